The summed E-state index contributed by atoms with van der Waals surface area (Å²) in [6, 6.07) is 12.0. The van der Waals surface area contributed by atoms with Crippen LogP contribution in [0.3, 0.4) is 0 Å². The minimum Gasteiger partial charge on any atom is -0.388 e. The normalized spacial score (nSPS) is 30.3. The van der Waals surface area contributed by atoms with Crippen molar-refractivity contribution in [2.75, 3.05) is 0 Å². The van der Waals surface area contributed by atoms with Crippen LogP contribution in [0.25, 0.3) is 10.8 Å². The van der Waals surface area contributed by atoms with Crippen LogP contribution in [-0.2, 0) is 0 Å². The minimum absolute atomic E-state index is 0.338. The van der Waals surface area contributed by atoms with Crippen molar-refractivity contribution < 1.29 is 5.11 Å². The summed E-state index contributed by atoms with van der Waals surface area (Å²) in [6.45, 7) is 0. The number of benzene rings is 2. The molecule has 2 aliphatic carbocycles. The lowest BCUT2D eigenvalue weighted by molar-refractivity contribution is 0.106. The van der Waals surface area contributed by atoms with Gasteiger partial charge in [0.05, 0.1) is 6.10 Å². The fourth-order valence-corrected chi connectivity index (χ4v) is 4.04. The van der Waals surface area contributed by atoms with Crippen LogP contribution in [0.1, 0.15) is 30.9 Å². The highest BCUT2D eigenvalue weighted by Crippen LogP contribution is 2.57. The molecule has 2 aliphatic rings. The summed E-state index contributed by atoms with van der Waals surface area (Å²) in [5, 5.41) is 13.6. The SMILES string of the molecule is OC(c1ccc(Cl)c2ccccc12)C1CC2CC2C1. The molecule has 1 N–H and O–H groups in total. The van der Waals surface area contributed by atoms with Gasteiger partial charge in [-0.3, -0.25) is 0 Å². The van der Waals surface area contributed by atoms with Gasteiger partial charge in [0.1, 0.15) is 0 Å². The third kappa shape index (κ3) is 1.87. The molecule has 2 fully saturated rings. The largest absolute Gasteiger partial charge is 0.388 e. The number of halogens is 1. The van der Waals surface area contributed by atoms with Gasteiger partial charge in [-0.25, -0.2) is 0 Å². The minimum atomic E-state index is -0.338. The maximum Gasteiger partial charge on any atom is 0.0824 e. The van der Waals surface area contributed by atoms with E-state index in [1.807, 2.05) is 30.3 Å². The van der Waals surface area contributed by atoms with Crippen molar-refractivity contribution in [3.05, 3.63) is 47.0 Å². The molecule has 2 aromatic rings. The Morgan fingerprint density at radius 1 is 0.947 bits per heavy atom. The molecule has 0 spiro atoms. The zero-order valence-electron chi connectivity index (χ0n) is 10.7. The second-order valence-corrected chi connectivity index (χ2v) is 6.52. The number of hydrogen-bond donors (Lipinski definition) is 1. The zero-order chi connectivity index (χ0) is 13.0. The van der Waals surface area contributed by atoms with Gasteiger partial charge in [-0.05, 0) is 54.0 Å². The predicted molar refractivity (Wildman–Crippen MR) is 78.2 cm³/mol. The summed E-state index contributed by atoms with van der Waals surface area (Å²) in [5.41, 5.74) is 1.05. The Morgan fingerprint density at radius 2 is 1.63 bits per heavy atom. The van der Waals surface area contributed by atoms with E-state index in [9.17, 15) is 5.11 Å². The number of fused-ring (bicyclic) bond motifs is 2. The average molecular weight is 273 g/mol. The van der Waals surface area contributed by atoms with Crippen molar-refractivity contribution in [1.82, 2.24) is 0 Å². The van der Waals surface area contributed by atoms with E-state index >= 15 is 0 Å². The number of aliphatic hydroxyl groups excluding tert-OH is 1. The average Bonchev–Trinajstić information content (AvgIpc) is 3.05. The molecular formula is C17H17ClO. The van der Waals surface area contributed by atoms with Crippen LogP contribution >= 0.6 is 11.6 Å². The standard InChI is InChI=1S/C17H17ClO/c18-16-6-5-15(13-3-1-2-4-14(13)16)17(19)12-8-10-7-11(10)9-12/h1-6,10-12,17,19H,7-9H2. The Hall–Kier alpha value is -1.05. The number of hydrogen-bond acceptors (Lipinski definition) is 1. The molecule has 0 heterocycles. The summed E-state index contributed by atoms with van der Waals surface area (Å²) in [6.07, 6.45) is 3.45. The predicted octanol–water partition coefficient (Wildman–Crippen LogP) is 4.57. The summed E-state index contributed by atoms with van der Waals surface area (Å²) >= 11 is 6.24. The van der Waals surface area contributed by atoms with Gasteiger partial charge in [-0.15, -0.1) is 0 Å². The summed E-state index contributed by atoms with van der Waals surface area (Å²) < 4.78 is 0. The van der Waals surface area contributed by atoms with Crippen molar-refractivity contribution in [3.63, 3.8) is 0 Å². The lowest BCUT2D eigenvalue weighted by Crippen LogP contribution is -2.11. The van der Waals surface area contributed by atoms with Crippen molar-refractivity contribution in [1.29, 1.82) is 0 Å². The molecule has 4 rings (SSSR count). The van der Waals surface area contributed by atoms with Crippen molar-refractivity contribution >= 4 is 22.4 Å². The molecule has 0 aliphatic heterocycles. The first-order chi connectivity index (χ1) is 9.24. The third-order valence-electron chi connectivity index (χ3n) is 4.95. The van der Waals surface area contributed by atoms with Gasteiger partial charge in [0.15, 0.2) is 0 Å². The first-order valence-electron chi connectivity index (χ1n) is 7.09. The van der Waals surface area contributed by atoms with Crippen LogP contribution < -0.4 is 0 Å². The maximum atomic E-state index is 10.7. The first kappa shape index (κ1) is 11.7. The molecule has 2 saturated carbocycles. The van der Waals surface area contributed by atoms with Crippen LogP contribution in [0.4, 0.5) is 0 Å². The van der Waals surface area contributed by atoms with Crippen LogP contribution in [-0.4, -0.2) is 5.11 Å². The molecule has 0 saturated heterocycles. The Bertz CT molecular complexity index is 626. The topological polar surface area (TPSA) is 20.2 Å². The maximum absolute atomic E-state index is 10.7. The van der Waals surface area contributed by atoms with Gasteiger partial charge in [-0.2, -0.15) is 0 Å². The fourth-order valence-electron chi connectivity index (χ4n) is 3.82. The van der Waals surface area contributed by atoms with Gasteiger partial charge < -0.3 is 5.11 Å². The summed E-state index contributed by atoms with van der Waals surface area (Å²) in [5.74, 6) is 2.24. The number of aliphatic hydroxyl groups is 1. The molecule has 3 unspecified atom stereocenters. The van der Waals surface area contributed by atoms with E-state index in [0.29, 0.717) is 5.92 Å². The highest BCUT2D eigenvalue weighted by Gasteiger charge is 2.47. The van der Waals surface area contributed by atoms with E-state index in [1.54, 1.807) is 0 Å². The second-order valence-electron chi connectivity index (χ2n) is 6.11. The lowest BCUT2D eigenvalue weighted by atomic mass is 9.89. The number of rotatable bonds is 2. The molecule has 0 radical (unpaired) electrons. The Kier molecular flexibility index (Phi) is 2.61. The summed E-state index contributed by atoms with van der Waals surface area (Å²) in [7, 11) is 0. The molecule has 0 amide bonds. The van der Waals surface area contributed by atoms with Crippen molar-refractivity contribution in [2.24, 2.45) is 17.8 Å². The fraction of sp³-hybridized carbons (Fsp3) is 0.412. The molecule has 0 bridgehead atoms. The van der Waals surface area contributed by atoms with Gasteiger partial charge in [0.2, 0.25) is 0 Å². The quantitative estimate of drug-likeness (QED) is 0.849. The molecule has 98 valence electrons. The first-order valence-corrected chi connectivity index (χ1v) is 7.47. The van der Waals surface area contributed by atoms with E-state index < -0.39 is 0 Å². The monoisotopic (exact) mass is 272 g/mol. The highest BCUT2D eigenvalue weighted by molar-refractivity contribution is 6.35. The van der Waals surface area contributed by atoms with Gasteiger partial charge >= 0.3 is 0 Å². The van der Waals surface area contributed by atoms with E-state index in [4.69, 9.17) is 11.6 Å². The molecule has 3 atom stereocenters. The molecule has 19 heavy (non-hydrogen) atoms. The van der Waals surface area contributed by atoms with Crippen molar-refractivity contribution in [3.8, 4) is 0 Å². The van der Waals surface area contributed by atoms with Gasteiger partial charge in [0.25, 0.3) is 0 Å². The third-order valence-corrected chi connectivity index (χ3v) is 5.28. The van der Waals surface area contributed by atoms with E-state index in [-0.39, 0.29) is 6.10 Å². The zero-order valence-corrected chi connectivity index (χ0v) is 11.5. The summed E-state index contributed by atoms with van der Waals surface area (Å²) in [4.78, 5) is 0. The van der Waals surface area contributed by atoms with Crippen LogP contribution in [0, 0.1) is 17.8 Å². The second kappa shape index (κ2) is 4.22. The van der Waals surface area contributed by atoms with Crippen molar-refractivity contribution in [2.45, 2.75) is 25.4 Å². The molecule has 1 nitrogen and oxygen atoms in total. The van der Waals surface area contributed by atoms with E-state index in [2.05, 4.69) is 6.07 Å². The highest BCUT2D eigenvalue weighted by atomic mass is 35.5. The molecule has 0 aromatic heterocycles. The van der Waals surface area contributed by atoms with E-state index in [1.165, 1.54) is 19.3 Å². The molecular weight excluding hydrogens is 256 g/mol. The smallest absolute Gasteiger partial charge is 0.0824 e. The lowest BCUT2D eigenvalue weighted by Gasteiger charge is -2.21. The molecule has 2 aromatic carbocycles. The Labute approximate surface area is 118 Å². The Morgan fingerprint density at radius 3 is 2.37 bits per heavy atom. The van der Waals surface area contributed by atoms with Crippen LogP contribution in [0.5, 0.6) is 0 Å². The van der Waals surface area contributed by atoms with E-state index in [0.717, 1.165) is 33.2 Å². The van der Waals surface area contributed by atoms with Crippen LogP contribution in [0.15, 0.2) is 36.4 Å². The van der Waals surface area contributed by atoms with Gasteiger partial charge in [0, 0.05) is 10.4 Å². The Balaban J connectivity index is 1.76. The molecule has 2 heteroatoms. The van der Waals surface area contributed by atoms with Gasteiger partial charge in [-0.1, -0.05) is 41.9 Å². The van der Waals surface area contributed by atoms with Crippen LogP contribution in [0.2, 0.25) is 5.02 Å².